The second kappa shape index (κ2) is 12.5. The standard InChI is InChI=1S/C22H29NO7S/c1-17-10-12-19(13-11-17)31(24,25)30-21(16-26-2)22(28-4)20(27-3)14-23-29-15-18-8-6-5-7-9-18/h5-14,20-22H,15-16H2,1-4H3/b23-14-/t20-,21+,22+/m0/s1. The molecular weight excluding hydrogens is 422 g/mol. The van der Waals surface area contributed by atoms with E-state index in [1.165, 1.54) is 39.7 Å². The number of hydrogen-bond acceptors (Lipinski definition) is 8. The SMILES string of the molecule is COC[C@@H](OS(=O)(=O)c1ccc(C)cc1)[C@H](OC)[C@H](/C=N\OCc1ccccc1)OC. The van der Waals surface area contributed by atoms with Crippen LogP contribution in [-0.4, -0.2) is 60.9 Å². The lowest BCUT2D eigenvalue weighted by molar-refractivity contribution is -0.0791. The molecule has 0 aliphatic heterocycles. The Hall–Kier alpha value is -2.30. The van der Waals surface area contributed by atoms with E-state index in [0.717, 1.165) is 11.1 Å². The first-order valence-corrected chi connectivity index (χ1v) is 11.1. The van der Waals surface area contributed by atoms with E-state index in [-0.39, 0.29) is 18.1 Å². The van der Waals surface area contributed by atoms with Crippen LogP contribution in [0.15, 0.2) is 64.6 Å². The van der Waals surface area contributed by atoms with Crippen molar-refractivity contribution >= 4 is 16.3 Å². The van der Waals surface area contributed by atoms with Gasteiger partial charge in [0.05, 0.1) is 17.7 Å². The Morgan fingerprint density at radius 3 is 2.23 bits per heavy atom. The molecule has 170 valence electrons. The van der Waals surface area contributed by atoms with Crippen molar-refractivity contribution in [3.05, 3.63) is 65.7 Å². The van der Waals surface area contributed by atoms with Crippen LogP contribution in [0.2, 0.25) is 0 Å². The predicted octanol–water partition coefficient (Wildman–Crippen LogP) is 2.95. The molecule has 0 aliphatic carbocycles. The molecule has 0 saturated carbocycles. The van der Waals surface area contributed by atoms with Gasteiger partial charge in [-0.15, -0.1) is 0 Å². The van der Waals surface area contributed by atoms with Gasteiger partial charge >= 0.3 is 0 Å². The van der Waals surface area contributed by atoms with Gasteiger partial charge in [-0.3, -0.25) is 4.18 Å². The zero-order valence-electron chi connectivity index (χ0n) is 18.1. The third-order valence-corrected chi connectivity index (χ3v) is 5.83. The van der Waals surface area contributed by atoms with E-state index in [2.05, 4.69) is 5.16 Å². The van der Waals surface area contributed by atoms with Crippen molar-refractivity contribution in [2.75, 3.05) is 27.9 Å². The van der Waals surface area contributed by atoms with Crippen LogP contribution in [0.4, 0.5) is 0 Å². The van der Waals surface area contributed by atoms with Crippen LogP contribution in [-0.2, 0) is 40.0 Å². The summed E-state index contributed by atoms with van der Waals surface area (Å²) in [6, 6.07) is 15.9. The minimum atomic E-state index is -4.05. The van der Waals surface area contributed by atoms with Crippen molar-refractivity contribution in [3.63, 3.8) is 0 Å². The fourth-order valence-corrected chi connectivity index (χ4v) is 3.90. The zero-order chi connectivity index (χ0) is 22.7. The van der Waals surface area contributed by atoms with Gasteiger partial charge in [0.15, 0.2) is 0 Å². The Morgan fingerprint density at radius 1 is 0.968 bits per heavy atom. The highest BCUT2D eigenvalue weighted by Gasteiger charge is 2.34. The lowest BCUT2D eigenvalue weighted by Crippen LogP contribution is -2.45. The van der Waals surface area contributed by atoms with Gasteiger partial charge in [-0.1, -0.05) is 53.2 Å². The summed E-state index contributed by atoms with van der Waals surface area (Å²) in [5, 5.41) is 3.94. The molecule has 0 aliphatic rings. The maximum Gasteiger partial charge on any atom is 0.297 e. The van der Waals surface area contributed by atoms with Gasteiger partial charge in [0.25, 0.3) is 10.1 Å². The third-order valence-electron chi connectivity index (χ3n) is 4.48. The van der Waals surface area contributed by atoms with Gasteiger partial charge in [-0.25, -0.2) is 0 Å². The van der Waals surface area contributed by atoms with Crippen molar-refractivity contribution in [2.45, 2.75) is 36.7 Å². The van der Waals surface area contributed by atoms with E-state index in [4.69, 9.17) is 23.2 Å². The van der Waals surface area contributed by atoms with Crippen LogP contribution in [0.1, 0.15) is 11.1 Å². The number of aryl methyl sites for hydroxylation is 1. The van der Waals surface area contributed by atoms with Gasteiger partial charge in [-0.05, 0) is 24.6 Å². The molecule has 0 N–H and O–H groups in total. The Kier molecular flexibility index (Phi) is 10.1. The molecule has 2 aromatic rings. The molecular formula is C22H29NO7S. The minimum absolute atomic E-state index is 0.0395. The summed E-state index contributed by atoms with van der Waals surface area (Å²) in [5.41, 5.74) is 1.90. The molecule has 3 atom stereocenters. The number of rotatable bonds is 13. The van der Waals surface area contributed by atoms with Crippen LogP contribution in [0.3, 0.4) is 0 Å². The average Bonchev–Trinajstić information content (AvgIpc) is 2.76. The van der Waals surface area contributed by atoms with Crippen LogP contribution in [0.25, 0.3) is 0 Å². The van der Waals surface area contributed by atoms with Crippen LogP contribution < -0.4 is 0 Å². The predicted molar refractivity (Wildman–Crippen MR) is 116 cm³/mol. The van der Waals surface area contributed by atoms with Crippen molar-refractivity contribution in [3.8, 4) is 0 Å². The van der Waals surface area contributed by atoms with E-state index in [9.17, 15) is 8.42 Å². The number of methoxy groups -OCH3 is 3. The van der Waals surface area contributed by atoms with Crippen LogP contribution in [0.5, 0.6) is 0 Å². The highest BCUT2D eigenvalue weighted by Crippen LogP contribution is 2.20. The third kappa shape index (κ3) is 7.71. The molecule has 2 aromatic carbocycles. The summed E-state index contributed by atoms with van der Waals surface area (Å²) in [5.74, 6) is 0. The Balaban J connectivity index is 2.11. The first-order chi connectivity index (χ1) is 14.9. The van der Waals surface area contributed by atoms with Gasteiger partial charge in [0.1, 0.15) is 24.9 Å². The first kappa shape index (κ1) is 25.0. The molecule has 0 fully saturated rings. The molecule has 8 nitrogen and oxygen atoms in total. The molecule has 0 spiro atoms. The molecule has 0 bridgehead atoms. The van der Waals surface area contributed by atoms with Gasteiger partial charge in [0, 0.05) is 21.3 Å². The van der Waals surface area contributed by atoms with Gasteiger partial charge < -0.3 is 19.0 Å². The highest BCUT2D eigenvalue weighted by atomic mass is 32.2. The summed E-state index contributed by atoms with van der Waals surface area (Å²) in [7, 11) is 0.284. The maximum atomic E-state index is 12.7. The fraction of sp³-hybridized carbons (Fsp3) is 0.409. The molecule has 9 heteroatoms. The molecule has 0 saturated heterocycles. The van der Waals surface area contributed by atoms with E-state index >= 15 is 0 Å². The van der Waals surface area contributed by atoms with Crippen LogP contribution in [0, 0.1) is 6.92 Å². The number of benzene rings is 2. The smallest absolute Gasteiger partial charge is 0.297 e. The normalized spacial score (nSPS) is 15.0. The monoisotopic (exact) mass is 451 g/mol. The van der Waals surface area contributed by atoms with E-state index in [0.29, 0.717) is 0 Å². The summed E-state index contributed by atoms with van der Waals surface area (Å²) >= 11 is 0. The molecule has 2 rings (SSSR count). The molecule has 31 heavy (non-hydrogen) atoms. The van der Waals surface area contributed by atoms with E-state index in [1.54, 1.807) is 12.1 Å². The number of nitrogens with zero attached hydrogens (tertiary/aromatic N) is 1. The van der Waals surface area contributed by atoms with Crippen LogP contribution >= 0.6 is 0 Å². The van der Waals surface area contributed by atoms with Gasteiger partial charge in [0.2, 0.25) is 0 Å². The Labute approximate surface area is 183 Å². The quantitative estimate of drug-likeness (QED) is 0.263. The summed E-state index contributed by atoms with van der Waals surface area (Å²) < 4.78 is 47.0. The fourth-order valence-electron chi connectivity index (χ4n) is 2.83. The number of hydrogen-bond donors (Lipinski definition) is 0. The molecule has 0 radical (unpaired) electrons. The highest BCUT2D eigenvalue weighted by molar-refractivity contribution is 7.86. The second-order valence-electron chi connectivity index (χ2n) is 6.77. The first-order valence-electron chi connectivity index (χ1n) is 9.65. The average molecular weight is 452 g/mol. The zero-order valence-corrected chi connectivity index (χ0v) is 18.9. The van der Waals surface area contributed by atoms with Crippen molar-refractivity contribution in [2.24, 2.45) is 5.16 Å². The Morgan fingerprint density at radius 2 is 1.65 bits per heavy atom. The molecule has 0 amide bonds. The molecule has 0 aromatic heterocycles. The summed E-state index contributed by atoms with van der Waals surface area (Å²) in [4.78, 5) is 5.36. The number of oxime groups is 1. The van der Waals surface area contributed by atoms with Crippen molar-refractivity contribution in [1.82, 2.24) is 0 Å². The lowest BCUT2D eigenvalue weighted by Gasteiger charge is -2.28. The topological polar surface area (TPSA) is 92.7 Å². The minimum Gasteiger partial charge on any atom is -0.391 e. The van der Waals surface area contributed by atoms with E-state index < -0.39 is 28.4 Å². The molecule has 0 unspecified atom stereocenters. The Bertz CT molecular complexity index is 901. The summed E-state index contributed by atoms with van der Waals surface area (Å²) in [6.45, 7) is 2.11. The largest absolute Gasteiger partial charge is 0.391 e. The summed E-state index contributed by atoms with van der Waals surface area (Å²) in [6.07, 6.45) is -1.14. The molecule has 0 heterocycles. The van der Waals surface area contributed by atoms with E-state index in [1.807, 2.05) is 37.3 Å². The van der Waals surface area contributed by atoms with Gasteiger partial charge in [-0.2, -0.15) is 8.42 Å². The lowest BCUT2D eigenvalue weighted by atomic mass is 10.1. The van der Waals surface area contributed by atoms with Crippen molar-refractivity contribution in [1.29, 1.82) is 0 Å². The second-order valence-corrected chi connectivity index (χ2v) is 8.34. The van der Waals surface area contributed by atoms with Crippen molar-refractivity contribution < 1.29 is 31.6 Å². The number of ether oxygens (including phenoxy) is 3. The maximum absolute atomic E-state index is 12.7.